The van der Waals surface area contributed by atoms with Gasteiger partial charge in [0.05, 0.1) is 38.5 Å². The van der Waals surface area contributed by atoms with Crippen molar-refractivity contribution in [3.05, 3.63) is 71.3 Å². The third-order valence-electron chi connectivity index (χ3n) is 6.04. The zero-order valence-corrected chi connectivity index (χ0v) is 21.7. The Morgan fingerprint density at radius 3 is 1.42 bits per heavy atom. The van der Waals surface area contributed by atoms with Crippen LogP contribution in [0, 0.1) is 11.6 Å². The number of rotatable bonds is 16. The van der Waals surface area contributed by atoms with Gasteiger partial charge in [0.2, 0.25) is 0 Å². The molecular formula is C27H36F2N2O7. The molecule has 1 fully saturated rings. The van der Waals surface area contributed by atoms with Gasteiger partial charge in [-0.3, -0.25) is 0 Å². The average Bonchev–Trinajstić information content (AvgIpc) is 3.02. The van der Waals surface area contributed by atoms with Crippen LogP contribution < -0.4 is 10.6 Å². The Balaban J connectivity index is 1.86. The molecule has 38 heavy (non-hydrogen) atoms. The highest BCUT2D eigenvalue weighted by Crippen LogP contribution is 2.22. The summed E-state index contributed by atoms with van der Waals surface area (Å²) in [5.74, 6) is -0.707. The van der Waals surface area contributed by atoms with E-state index in [0.29, 0.717) is 39.3 Å². The fourth-order valence-corrected chi connectivity index (χ4v) is 4.16. The lowest BCUT2D eigenvalue weighted by Crippen LogP contribution is -2.52. The minimum atomic E-state index is -0.682. The number of hydrogen-bond acceptors (Lipinski definition) is 7. The summed E-state index contributed by atoms with van der Waals surface area (Å²) in [6.07, 6.45) is -0.662. The van der Waals surface area contributed by atoms with Gasteiger partial charge in [-0.25, -0.2) is 13.6 Å². The van der Waals surface area contributed by atoms with Crippen LogP contribution in [0.3, 0.4) is 0 Å². The summed E-state index contributed by atoms with van der Waals surface area (Å²) in [6.45, 7) is 1.29. The van der Waals surface area contributed by atoms with E-state index < -0.39 is 30.3 Å². The maximum Gasteiger partial charge on any atom is 0.315 e. The molecule has 2 aromatic carbocycles. The van der Waals surface area contributed by atoms with Crippen LogP contribution in [0.2, 0.25) is 0 Å². The molecule has 1 saturated heterocycles. The quantitative estimate of drug-likeness (QED) is 0.251. The van der Waals surface area contributed by atoms with Crippen LogP contribution in [0.1, 0.15) is 11.1 Å². The predicted octanol–water partition coefficient (Wildman–Crippen LogP) is 2.81. The Labute approximate surface area is 221 Å². The maximum absolute atomic E-state index is 13.5. The second-order valence-corrected chi connectivity index (χ2v) is 8.79. The summed E-state index contributed by atoms with van der Waals surface area (Å²) in [5.41, 5.74) is 1.61. The molecule has 0 saturated carbocycles. The SMILES string of the molecule is COCCOCO[C@@H]1[C@@H](OCOCCOC)[C@@H](Cc2ccc(F)cc2)NC(=O)N[C@@H]1Cc1ccc(F)cc1. The van der Waals surface area contributed by atoms with Crippen LogP contribution in [0.5, 0.6) is 0 Å². The molecule has 2 N–H and O–H groups in total. The normalized spacial score (nSPS) is 21.5. The van der Waals surface area contributed by atoms with Crippen molar-refractivity contribution in [2.75, 3.05) is 54.2 Å². The van der Waals surface area contributed by atoms with E-state index in [9.17, 15) is 13.6 Å². The van der Waals surface area contributed by atoms with E-state index in [0.717, 1.165) is 11.1 Å². The van der Waals surface area contributed by atoms with Crippen LogP contribution in [0.15, 0.2) is 48.5 Å². The fraction of sp³-hybridized carbons (Fsp3) is 0.519. The Kier molecular flexibility index (Phi) is 12.8. The van der Waals surface area contributed by atoms with Gasteiger partial charge in [-0.05, 0) is 48.2 Å². The minimum Gasteiger partial charge on any atom is -0.382 e. The number of benzene rings is 2. The van der Waals surface area contributed by atoms with Gasteiger partial charge in [0.15, 0.2) is 0 Å². The number of urea groups is 1. The number of halogens is 2. The molecule has 2 aromatic rings. The minimum absolute atomic E-state index is 0.0719. The number of carbonyl (C=O) groups is 1. The zero-order chi connectivity index (χ0) is 27.2. The molecule has 1 aliphatic rings. The lowest BCUT2D eigenvalue weighted by atomic mass is 9.92. The van der Waals surface area contributed by atoms with Crippen LogP contribution in [-0.4, -0.2) is 84.6 Å². The van der Waals surface area contributed by atoms with Crippen LogP contribution >= 0.6 is 0 Å². The number of ether oxygens (including phenoxy) is 6. The Hall–Kier alpha value is -2.67. The molecule has 1 aliphatic heterocycles. The maximum atomic E-state index is 13.5. The van der Waals surface area contributed by atoms with E-state index in [1.54, 1.807) is 38.5 Å². The van der Waals surface area contributed by atoms with E-state index in [2.05, 4.69) is 10.6 Å². The van der Waals surface area contributed by atoms with Crippen molar-refractivity contribution in [2.45, 2.75) is 37.1 Å². The Morgan fingerprint density at radius 2 is 1.05 bits per heavy atom. The molecule has 0 radical (unpaired) electrons. The van der Waals surface area contributed by atoms with Crippen LogP contribution in [-0.2, 0) is 41.3 Å². The highest BCUT2D eigenvalue weighted by molar-refractivity contribution is 5.75. The lowest BCUT2D eigenvalue weighted by molar-refractivity contribution is -0.182. The molecular weight excluding hydrogens is 502 g/mol. The van der Waals surface area contributed by atoms with E-state index in [-0.39, 0.29) is 25.2 Å². The standard InChI is InChI=1S/C27H36F2N2O7/c1-33-11-13-35-17-37-25-23(15-19-3-7-21(28)8-4-19)30-27(32)31-24(16-20-5-9-22(29)10-6-20)26(25)38-18-36-14-12-34-2/h3-10,23-26H,11-18H2,1-2H3,(H2,30,31,32)/t23-,24-,25+,26+/m1/s1. The van der Waals surface area contributed by atoms with Gasteiger partial charge in [-0.15, -0.1) is 0 Å². The summed E-state index contributed by atoms with van der Waals surface area (Å²) in [7, 11) is 3.14. The van der Waals surface area contributed by atoms with Crippen molar-refractivity contribution in [2.24, 2.45) is 0 Å². The third-order valence-corrected chi connectivity index (χ3v) is 6.04. The van der Waals surface area contributed by atoms with Gasteiger partial charge in [0.25, 0.3) is 0 Å². The molecule has 0 aromatic heterocycles. The van der Waals surface area contributed by atoms with Crippen molar-refractivity contribution in [1.82, 2.24) is 10.6 Å². The first kappa shape index (κ1) is 29.9. The Bertz CT molecular complexity index is 874. The zero-order valence-electron chi connectivity index (χ0n) is 21.7. The highest BCUT2D eigenvalue weighted by atomic mass is 19.1. The molecule has 3 rings (SSSR count). The van der Waals surface area contributed by atoms with Crippen LogP contribution in [0.25, 0.3) is 0 Å². The number of carbonyl (C=O) groups excluding carboxylic acids is 1. The van der Waals surface area contributed by atoms with E-state index >= 15 is 0 Å². The molecule has 11 heteroatoms. The van der Waals surface area contributed by atoms with Crippen molar-refractivity contribution in [1.29, 1.82) is 0 Å². The summed E-state index contributed by atoms with van der Waals surface area (Å²) in [4.78, 5) is 13.0. The third kappa shape index (κ3) is 9.90. The van der Waals surface area contributed by atoms with E-state index in [4.69, 9.17) is 28.4 Å². The average molecular weight is 539 g/mol. The van der Waals surface area contributed by atoms with Crippen molar-refractivity contribution < 1.29 is 42.0 Å². The molecule has 9 nitrogen and oxygen atoms in total. The van der Waals surface area contributed by atoms with Gasteiger partial charge in [-0.1, -0.05) is 24.3 Å². The summed E-state index contributed by atoms with van der Waals surface area (Å²) < 4.78 is 60.5. The number of nitrogens with one attached hydrogen (secondary N) is 2. The van der Waals surface area contributed by atoms with Crippen LogP contribution in [0.4, 0.5) is 13.6 Å². The monoisotopic (exact) mass is 538 g/mol. The first-order chi connectivity index (χ1) is 18.5. The topological polar surface area (TPSA) is 96.5 Å². The molecule has 1 heterocycles. The Morgan fingerprint density at radius 1 is 0.658 bits per heavy atom. The molecule has 0 bridgehead atoms. The summed E-state index contributed by atoms with van der Waals surface area (Å²) >= 11 is 0. The molecule has 4 atom stereocenters. The van der Waals surface area contributed by atoms with E-state index in [1.165, 1.54) is 24.3 Å². The van der Waals surface area contributed by atoms with Crippen molar-refractivity contribution in [3.8, 4) is 0 Å². The number of amides is 2. The largest absolute Gasteiger partial charge is 0.382 e. The number of hydrogen-bond donors (Lipinski definition) is 2. The van der Waals surface area contributed by atoms with Crippen molar-refractivity contribution in [3.63, 3.8) is 0 Å². The number of methoxy groups -OCH3 is 2. The van der Waals surface area contributed by atoms with Gasteiger partial charge in [0.1, 0.15) is 37.4 Å². The summed E-state index contributed by atoms with van der Waals surface area (Å²) in [6, 6.07) is 10.6. The molecule has 0 spiro atoms. The van der Waals surface area contributed by atoms with Crippen molar-refractivity contribution >= 4 is 6.03 Å². The van der Waals surface area contributed by atoms with Gasteiger partial charge < -0.3 is 39.1 Å². The molecule has 0 aliphatic carbocycles. The fourth-order valence-electron chi connectivity index (χ4n) is 4.16. The molecule has 210 valence electrons. The lowest BCUT2D eigenvalue weighted by Gasteiger charge is -2.34. The molecule has 2 amide bonds. The van der Waals surface area contributed by atoms with Gasteiger partial charge in [0, 0.05) is 14.2 Å². The van der Waals surface area contributed by atoms with Gasteiger partial charge in [-0.2, -0.15) is 0 Å². The smallest absolute Gasteiger partial charge is 0.315 e. The first-order valence-electron chi connectivity index (χ1n) is 12.4. The summed E-state index contributed by atoms with van der Waals surface area (Å²) in [5, 5.41) is 5.92. The second-order valence-electron chi connectivity index (χ2n) is 8.79. The van der Waals surface area contributed by atoms with E-state index in [1.807, 2.05) is 0 Å². The predicted molar refractivity (Wildman–Crippen MR) is 135 cm³/mol. The first-order valence-corrected chi connectivity index (χ1v) is 12.4. The second kappa shape index (κ2) is 16.3. The molecule has 0 unspecified atom stereocenters. The highest BCUT2D eigenvalue weighted by Gasteiger charge is 2.41. The van der Waals surface area contributed by atoms with Gasteiger partial charge >= 0.3 is 6.03 Å².